The van der Waals surface area contributed by atoms with Gasteiger partial charge in [-0.1, -0.05) is 0 Å². The predicted octanol–water partition coefficient (Wildman–Crippen LogP) is 0.208. The molecule has 2 atom stereocenters. The lowest BCUT2D eigenvalue weighted by molar-refractivity contribution is -0.00403. The van der Waals surface area contributed by atoms with Crippen LogP contribution in [0.25, 0.3) is 0 Å². The number of hydrazine groups is 1. The van der Waals surface area contributed by atoms with Gasteiger partial charge in [0.25, 0.3) is 0 Å². The number of nitrogens with one attached hydrogen (secondary N) is 1. The molecule has 3 saturated heterocycles. The molecule has 0 saturated carbocycles. The zero-order chi connectivity index (χ0) is 14.8. The van der Waals surface area contributed by atoms with E-state index in [1.54, 1.807) is 14.2 Å². The van der Waals surface area contributed by atoms with Crippen LogP contribution in [0.1, 0.15) is 11.6 Å². The summed E-state index contributed by atoms with van der Waals surface area (Å²) in [6.45, 7) is 5.56. The minimum Gasteiger partial charge on any atom is -0.497 e. The second-order valence-electron chi connectivity index (χ2n) is 5.66. The molecule has 3 heterocycles. The lowest BCUT2D eigenvalue weighted by atomic mass is 9.93. The molecule has 3 aliphatic heterocycles. The number of benzene rings is 1. The van der Waals surface area contributed by atoms with Crippen molar-refractivity contribution < 1.29 is 9.47 Å². The Morgan fingerprint density at radius 1 is 1.19 bits per heavy atom. The third kappa shape index (κ3) is 2.72. The van der Waals surface area contributed by atoms with Gasteiger partial charge in [0.1, 0.15) is 11.5 Å². The Bertz CT molecular complexity index is 489. The smallest absolute Gasteiger partial charge is 0.124 e. The normalized spacial score (nSPS) is 29.2. The molecule has 2 bridgehead atoms. The number of fused-ring (bicyclic) bond motifs is 3. The largest absolute Gasteiger partial charge is 0.497 e. The van der Waals surface area contributed by atoms with Crippen LogP contribution in [-0.2, 0) is 0 Å². The Balaban J connectivity index is 1.92. The van der Waals surface area contributed by atoms with Gasteiger partial charge in [-0.2, -0.15) is 0 Å². The van der Waals surface area contributed by atoms with Gasteiger partial charge >= 0.3 is 0 Å². The van der Waals surface area contributed by atoms with E-state index >= 15 is 0 Å². The van der Waals surface area contributed by atoms with Crippen molar-refractivity contribution in [2.75, 3.05) is 46.9 Å². The van der Waals surface area contributed by atoms with E-state index in [0.717, 1.165) is 49.8 Å². The monoisotopic (exact) mass is 292 g/mol. The number of hydrogen-bond acceptors (Lipinski definition) is 6. The molecule has 6 heteroatoms. The van der Waals surface area contributed by atoms with Gasteiger partial charge in [-0.3, -0.25) is 21.1 Å². The lowest BCUT2D eigenvalue weighted by Crippen LogP contribution is -2.64. The summed E-state index contributed by atoms with van der Waals surface area (Å²) in [7, 11) is 3.37. The van der Waals surface area contributed by atoms with Crippen LogP contribution in [0.3, 0.4) is 0 Å². The van der Waals surface area contributed by atoms with Crippen LogP contribution in [0.4, 0.5) is 0 Å². The first kappa shape index (κ1) is 14.6. The minimum absolute atomic E-state index is 0.0261. The maximum Gasteiger partial charge on any atom is 0.124 e. The molecule has 3 N–H and O–H groups in total. The van der Waals surface area contributed by atoms with Crippen molar-refractivity contribution in [2.24, 2.45) is 5.84 Å². The summed E-state index contributed by atoms with van der Waals surface area (Å²) in [5, 5.41) is 0. The van der Waals surface area contributed by atoms with Crippen molar-refractivity contribution in [1.29, 1.82) is 0 Å². The summed E-state index contributed by atoms with van der Waals surface area (Å²) in [6.07, 6.45) is 0. The number of rotatable bonds is 5. The number of ether oxygens (including phenoxy) is 2. The van der Waals surface area contributed by atoms with E-state index in [2.05, 4.69) is 15.2 Å². The Kier molecular flexibility index (Phi) is 4.30. The van der Waals surface area contributed by atoms with Gasteiger partial charge in [-0.05, 0) is 18.2 Å². The van der Waals surface area contributed by atoms with Crippen LogP contribution < -0.4 is 20.7 Å². The molecule has 4 rings (SSSR count). The summed E-state index contributed by atoms with van der Waals surface area (Å²) in [5.74, 6) is 7.56. The van der Waals surface area contributed by atoms with Gasteiger partial charge in [0.05, 0.1) is 20.3 Å². The molecule has 2 unspecified atom stereocenters. The number of piperazine rings is 3. The molecule has 1 aromatic rings. The van der Waals surface area contributed by atoms with Crippen LogP contribution in [0.2, 0.25) is 0 Å². The topological polar surface area (TPSA) is 63.0 Å². The maximum atomic E-state index is 5.89. The quantitative estimate of drug-likeness (QED) is 0.597. The van der Waals surface area contributed by atoms with Gasteiger partial charge in [-0.25, -0.2) is 0 Å². The fourth-order valence-electron chi connectivity index (χ4n) is 3.46. The van der Waals surface area contributed by atoms with Gasteiger partial charge < -0.3 is 9.47 Å². The average molecular weight is 292 g/mol. The SMILES string of the molecule is COc1ccc(OC)c(C(NN)C2CN3CCN2CC3)c1. The van der Waals surface area contributed by atoms with Gasteiger partial charge in [0.15, 0.2) is 0 Å². The Hall–Kier alpha value is -1.34. The zero-order valence-corrected chi connectivity index (χ0v) is 12.7. The van der Waals surface area contributed by atoms with E-state index in [0.29, 0.717) is 6.04 Å². The van der Waals surface area contributed by atoms with E-state index in [4.69, 9.17) is 15.3 Å². The molecule has 3 aliphatic rings. The number of nitrogens with zero attached hydrogens (tertiary/aromatic N) is 2. The summed E-state index contributed by atoms with van der Waals surface area (Å²) in [6, 6.07) is 6.25. The molecule has 0 radical (unpaired) electrons. The van der Waals surface area contributed by atoms with Gasteiger partial charge in [0.2, 0.25) is 0 Å². The first-order valence-corrected chi connectivity index (χ1v) is 7.41. The highest BCUT2D eigenvalue weighted by Gasteiger charge is 2.38. The molecular weight excluding hydrogens is 268 g/mol. The van der Waals surface area contributed by atoms with E-state index in [1.807, 2.05) is 18.2 Å². The molecule has 21 heavy (non-hydrogen) atoms. The molecule has 116 valence electrons. The van der Waals surface area contributed by atoms with Crippen LogP contribution >= 0.6 is 0 Å². The number of nitrogens with two attached hydrogens (primary N) is 1. The van der Waals surface area contributed by atoms with Crippen molar-refractivity contribution >= 4 is 0 Å². The second-order valence-corrected chi connectivity index (χ2v) is 5.66. The van der Waals surface area contributed by atoms with Crippen LogP contribution in [-0.4, -0.2) is 62.8 Å². The molecule has 6 nitrogen and oxygen atoms in total. The van der Waals surface area contributed by atoms with Crippen LogP contribution in [0.5, 0.6) is 11.5 Å². The molecule has 0 aliphatic carbocycles. The molecule has 3 fully saturated rings. The highest BCUT2D eigenvalue weighted by atomic mass is 16.5. The minimum atomic E-state index is 0.0261. The van der Waals surface area contributed by atoms with Gasteiger partial charge in [0, 0.05) is 44.3 Å². The van der Waals surface area contributed by atoms with Crippen molar-refractivity contribution in [1.82, 2.24) is 15.2 Å². The first-order chi connectivity index (χ1) is 10.3. The van der Waals surface area contributed by atoms with E-state index < -0.39 is 0 Å². The maximum absolute atomic E-state index is 5.89. The second kappa shape index (κ2) is 6.19. The fraction of sp³-hybridized carbons (Fsp3) is 0.600. The predicted molar refractivity (Wildman–Crippen MR) is 81.4 cm³/mol. The molecule has 0 spiro atoms. The highest BCUT2D eigenvalue weighted by molar-refractivity contribution is 5.43. The number of hydrogen-bond donors (Lipinski definition) is 2. The molecule has 0 amide bonds. The van der Waals surface area contributed by atoms with Crippen LogP contribution in [0.15, 0.2) is 18.2 Å². The van der Waals surface area contributed by atoms with Crippen molar-refractivity contribution in [3.8, 4) is 11.5 Å². The Morgan fingerprint density at radius 2 is 1.95 bits per heavy atom. The van der Waals surface area contributed by atoms with Crippen molar-refractivity contribution in [2.45, 2.75) is 12.1 Å². The van der Waals surface area contributed by atoms with Crippen LogP contribution in [0, 0.1) is 0 Å². The Morgan fingerprint density at radius 3 is 2.48 bits per heavy atom. The molecule has 0 aromatic heterocycles. The third-order valence-electron chi connectivity index (χ3n) is 4.66. The fourth-order valence-corrected chi connectivity index (χ4v) is 3.46. The highest BCUT2D eigenvalue weighted by Crippen LogP contribution is 2.34. The zero-order valence-electron chi connectivity index (χ0n) is 12.7. The lowest BCUT2D eigenvalue weighted by Gasteiger charge is -2.50. The number of methoxy groups -OCH3 is 2. The van der Waals surface area contributed by atoms with Gasteiger partial charge in [-0.15, -0.1) is 0 Å². The van der Waals surface area contributed by atoms with E-state index in [9.17, 15) is 0 Å². The summed E-state index contributed by atoms with van der Waals surface area (Å²) in [5.41, 5.74) is 4.05. The standard InChI is InChI=1S/C15H24N4O2/c1-20-11-3-4-14(21-2)12(9-11)15(17-16)13-10-18-5-7-19(13)8-6-18/h3-4,9,13,15,17H,5-8,10,16H2,1-2H3. The third-order valence-corrected chi connectivity index (χ3v) is 4.66. The Labute approximate surface area is 125 Å². The van der Waals surface area contributed by atoms with Crippen molar-refractivity contribution in [3.05, 3.63) is 23.8 Å². The van der Waals surface area contributed by atoms with Crippen molar-refractivity contribution in [3.63, 3.8) is 0 Å². The first-order valence-electron chi connectivity index (χ1n) is 7.41. The summed E-state index contributed by atoms with van der Waals surface area (Å²) in [4.78, 5) is 5.02. The van der Waals surface area contributed by atoms with E-state index in [1.165, 1.54) is 0 Å². The van der Waals surface area contributed by atoms with E-state index in [-0.39, 0.29) is 6.04 Å². The summed E-state index contributed by atoms with van der Waals surface area (Å²) < 4.78 is 10.9. The molecular formula is C15H24N4O2. The average Bonchev–Trinajstić information content (AvgIpc) is 2.56. The molecule has 1 aromatic carbocycles. The summed E-state index contributed by atoms with van der Waals surface area (Å²) >= 11 is 0.